The maximum absolute atomic E-state index is 12.2. The summed E-state index contributed by atoms with van der Waals surface area (Å²) in [6.07, 6.45) is 4.57. The van der Waals surface area contributed by atoms with Gasteiger partial charge in [0.15, 0.2) is 0 Å². The molecule has 1 amide bonds. The van der Waals surface area contributed by atoms with Gasteiger partial charge < -0.3 is 20.2 Å². The van der Waals surface area contributed by atoms with Crippen LogP contribution in [0.1, 0.15) is 41.7 Å². The molecule has 1 aromatic heterocycles. The molecule has 2 aliphatic carbocycles. The molecule has 4 rings (SSSR count). The number of H-pyrrole nitrogens is 1. The third kappa shape index (κ3) is 4.01. The second-order valence-corrected chi connectivity index (χ2v) is 7.82. The van der Waals surface area contributed by atoms with Crippen molar-refractivity contribution in [3.05, 3.63) is 33.4 Å². The second-order valence-electron chi connectivity index (χ2n) is 6.98. The van der Waals surface area contributed by atoms with Gasteiger partial charge in [0.25, 0.3) is 5.91 Å². The quantitative estimate of drug-likeness (QED) is 0.515. The third-order valence-corrected chi connectivity index (χ3v) is 5.89. The van der Waals surface area contributed by atoms with E-state index >= 15 is 0 Å². The first-order chi connectivity index (χ1) is 12.4. The van der Waals surface area contributed by atoms with E-state index in [2.05, 4.69) is 22.1 Å². The van der Waals surface area contributed by atoms with Crippen molar-refractivity contribution in [2.45, 2.75) is 31.7 Å². The number of rotatable bonds is 2. The molecule has 134 valence electrons. The summed E-state index contributed by atoms with van der Waals surface area (Å²) in [6, 6.07) is 3.22. The van der Waals surface area contributed by atoms with Gasteiger partial charge in [-0.05, 0) is 43.2 Å². The number of benzene rings is 1. The molecule has 0 aliphatic heterocycles. The zero-order valence-corrected chi connectivity index (χ0v) is 18.2. The zero-order valence-electron chi connectivity index (χ0n) is 14.7. The number of carbonyl (C=O) groups excluding carboxylic acids is 2. The predicted octanol–water partition coefficient (Wildman–Crippen LogP) is -0.501. The minimum absolute atomic E-state index is 0. The molecule has 27 heavy (non-hydrogen) atoms. The first kappa shape index (κ1) is 20.6. The Morgan fingerprint density at radius 1 is 1.22 bits per heavy atom. The van der Waals surface area contributed by atoms with Crippen molar-refractivity contribution < 1.29 is 44.3 Å². The topological polar surface area (TPSA) is 85.0 Å². The molecule has 0 radical (unpaired) electrons. The SMILES string of the molecule is O=C(C#Cc1c(C(=O)[O-])[nH]c2cc(Cl)cc(Cl)c12)N[C@H]1C[C@H]2CC[C@@H]1C2.[Na+]. The molecule has 8 heteroatoms. The summed E-state index contributed by atoms with van der Waals surface area (Å²) in [5, 5.41) is 15.4. The number of nitrogens with one attached hydrogen (secondary N) is 2. The van der Waals surface area contributed by atoms with Crippen molar-refractivity contribution >= 4 is 46.0 Å². The van der Waals surface area contributed by atoms with Crippen LogP contribution in [0, 0.1) is 23.7 Å². The van der Waals surface area contributed by atoms with Crippen molar-refractivity contribution in [2.75, 3.05) is 0 Å². The summed E-state index contributed by atoms with van der Waals surface area (Å²) in [5.41, 5.74) is 0.341. The second kappa shape index (κ2) is 8.06. The molecule has 3 atom stereocenters. The molecule has 5 nitrogen and oxygen atoms in total. The van der Waals surface area contributed by atoms with E-state index in [1.165, 1.54) is 18.9 Å². The Labute approximate surface area is 188 Å². The van der Waals surface area contributed by atoms with Gasteiger partial charge in [-0.2, -0.15) is 0 Å². The largest absolute Gasteiger partial charge is 1.00 e. The van der Waals surface area contributed by atoms with Gasteiger partial charge >= 0.3 is 29.6 Å². The van der Waals surface area contributed by atoms with E-state index in [9.17, 15) is 14.7 Å². The Kier molecular flexibility index (Phi) is 6.14. The van der Waals surface area contributed by atoms with Crippen LogP contribution in [-0.4, -0.2) is 22.9 Å². The van der Waals surface area contributed by atoms with E-state index in [0.717, 1.165) is 12.8 Å². The Balaban J connectivity index is 0.00000210. The van der Waals surface area contributed by atoms with E-state index in [4.69, 9.17) is 23.2 Å². The minimum Gasteiger partial charge on any atom is -0.543 e. The minimum atomic E-state index is -1.42. The van der Waals surface area contributed by atoms with Crippen molar-refractivity contribution in [3.63, 3.8) is 0 Å². The number of halogens is 2. The fourth-order valence-electron chi connectivity index (χ4n) is 4.27. The van der Waals surface area contributed by atoms with Gasteiger partial charge in [-0.1, -0.05) is 35.5 Å². The maximum Gasteiger partial charge on any atom is 1.00 e. The van der Waals surface area contributed by atoms with E-state index in [1.807, 2.05) is 0 Å². The van der Waals surface area contributed by atoms with Crippen LogP contribution in [-0.2, 0) is 4.79 Å². The normalized spacial score (nSPS) is 22.8. The maximum atomic E-state index is 12.2. The van der Waals surface area contributed by atoms with Gasteiger partial charge in [-0.3, -0.25) is 4.79 Å². The van der Waals surface area contributed by atoms with Crippen molar-refractivity contribution in [1.82, 2.24) is 10.3 Å². The number of carboxylic acid groups (broad SMARTS) is 1. The molecule has 1 heterocycles. The van der Waals surface area contributed by atoms with Gasteiger partial charge in [0.2, 0.25) is 0 Å². The Morgan fingerprint density at radius 2 is 2.00 bits per heavy atom. The van der Waals surface area contributed by atoms with Gasteiger partial charge in [0, 0.05) is 22.4 Å². The van der Waals surface area contributed by atoms with Gasteiger partial charge in [0.1, 0.15) is 0 Å². The third-order valence-electron chi connectivity index (χ3n) is 5.37. The number of carbonyl (C=O) groups is 2. The summed E-state index contributed by atoms with van der Waals surface area (Å²) >= 11 is 12.1. The molecule has 2 bridgehead atoms. The number of aromatic nitrogens is 1. The van der Waals surface area contributed by atoms with Crippen LogP contribution >= 0.6 is 23.2 Å². The Hall–Kier alpha value is -1.16. The van der Waals surface area contributed by atoms with Crippen molar-refractivity contribution in [3.8, 4) is 11.8 Å². The summed E-state index contributed by atoms with van der Waals surface area (Å²) in [7, 11) is 0. The number of aromatic amines is 1. The standard InChI is InChI=1S/C19H16Cl2N2O3.Na/c20-11-7-13(21)17-12(18(19(25)26)23-15(17)8-11)3-4-16(24)22-14-6-9-1-2-10(14)5-9;/h7-10,14,23H,1-2,5-6H2,(H,22,24)(H,25,26);/q;+1/p-1/t9-,10+,14-;/m0./s1. The van der Waals surface area contributed by atoms with Crippen LogP contribution in [0.3, 0.4) is 0 Å². The Morgan fingerprint density at radius 3 is 2.63 bits per heavy atom. The fraction of sp³-hybridized carbons (Fsp3) is 0.368. The van der Waals surface area contributed by atoms with Crippen molar-refractivity contribution in [2.24, 2.45) is 11.8 Å². The van der Waals surface area contributed by atoms with Gasteiger partial charge in [0.05, 0.1) is 27.8 Å². The van der Waals surface area contributed by atoms with Crippen LogP contribution in [0.15, 0.2) is 12.1 Å². The van der Waals surface area contributed by atoms with Crippen molar-refractivity contribution in [1.29, 1.82) is 0 Å². The van der Waals surface area contributed by atoms with Crippen LogP contribution in [0.5, 0.6) is 0 Å². The van der Waals surface area contributed by atoms with E-state index in [-0.39, 0.29) is 51.9 Å². The van der Waals surface area contributed by atoms with Gasteiger partial charge in [-0.25, -0.2) is 0 Å². The monoisotopic (exact) mass is 412 g/mol. The number of hydrogen-bond acceptors (Lipinski definition) is 3. The number of aromatic carboxylic acids is 1. The molecule has 2 N–H and O–H groups in total. The predicted molar refractivity (Wildman–Crippen MR) is 96.9 cm³/mol. The number of amides is 1. The molecule has 2 fully saturated rings. The summed E-state index contributed by atoms with van der Waals surface area (Å²) < 4.78 is 0. The van der Waals surface area contributed by atoms with Gasteiger partial charge in [-0.15, -0.1) is 0 Å². The molecule has 1 aromatic carbocycles. The van der Waals surface area contributed by atoms with E-state index in [0.29, 0.717) is 27.8 Å². The molecule has 2 aromatic rings. The number of hydrogen-bond donors (Lipinski definition) is 2. The van der Waals surface area contributed by atoms with E-state index in [1.54, 1.807) is 6.07 Å². The fourth-order valence-corrected chi connectivity index (χ4v) is 4.86. The molecular weight excluding hydrogens is 398 g/mol. The molecular formula is C19H15Cl2N2NaO3. The average Bonchev–Trinajstić information content (AvgIpc) is 3.26. The van der Waals surface area contributed by atoms with Crippen LogP contribution in [0.4, 0.5) is 0 Å². The molecule has 0 saturated heterocycles. The molecule has 2 saturated carbocycles. The summed E-state index contributed by atoms with van der Waals surface area (Å²) in [6.45, 7) is 0. The first-order valence-corrected chi connectivity index (χ1v) is 9.22. The van der Waals surface area contributed by atoms with Crippen LogP contribution in [0.2, 0.25) is 10.0 Å². The molecule has 2 aliphatic rings. The van der Waals surface area contributed by atoms with E-state index < -0.39 is 11.9 Å². The smallest absolute Gasteiger partial charge is 0.543 e. The summed E-state index contributed by atoms with van der Waals surface area (Å²) in [4.78, 5) is 26.3. The molecule has 0 unspecified atom stereocenters. The first-order valence-electron chi connectivity index (χ1n) is 8.47. The summed E-state index contributed by atoms with van der Waals surface area (Å²) in [5.74, 6) is 4.56. The van der Waals surface area contributed by atoms with Crippen LogP contribution < -0.4 is 40.0 Å². The van der Waals surface area contributed by atoms with Crippen LogP contribution in [0.25, 0.3) is 10.9 Å². The number of fused-ring (bicyclic) bond motifs is 3. The Bertz CT molecular complexity index is 992. The average molecular weight is 413 g/mol. The zero-order chi connectivity index (χ0) is 18.4. The molecule has 0 spiro atoms. The number of carboxylic acids is 1.